The summed E-state index contributed by atoms with van der Waals surface area (Å²) < 4.78 is 5.10. The number of ether oxygens (including phenoxy) is 1. The lowest BCUT2D eigenvalue weighted by atomic mass is 9.99. The first-order valence-corrected chi connectivity index (χ1v) is 10.9. The van der Waals surface area contributed by atoms with Crippen LogP contribution in [-0.2, 0) is 11.3 Å². The number of hydrogen-bond donors (Lipinski definition) is 1. The summed E-state index contributed by atoms with van der Waals surface area (Å²) >= 11 is 0. The van der Waals surface area contributed by atoms with E-state index >= 15 is 0 Å². The average molecular weight is 448 g/mol. The largest absolute Gasteiger partial charge is 0.461 e. The summed E-state index contributed by atoms with van der Waals surface area (Å²) in [6.45, 7) is 9.23. The highest BCUT2D eigenvalue weighted by Gasteiger charge is 2.32. The van der Waals surface area contributed by atoms with E-state index in [1.807, 2.05) is 31.2 Å². The zero-order valence-electron chi connectivity index (χ0n) is 19.6. The Morgan fingerprint density at radius 3 is 2.36 bits per heavy atom. The molecule has 1 N–H and O–H groups in total. The first-order chi connectivity index (χ1) is 15.7. The molecule has 1 atom stereocenters. The molecule has 7 heteroatoms. The van der Waals surface area contributed by atoms with Crippen LogP contribution in [0.1, 0.15) is 67.6 Å². The Hall–Kier alpha value is -3.74. The summed E-state index contributed by atoms with van der Waals surface area (Å²) in [7, 11) is 0. The van der Waals surface area contributed by atoms with Gasteiger partial charge in [0.1, 0.15) is 5.69 Å². The minimum absolute atomic E-state index is 0.174. The van der Waals surface area contributed by atoms with Gasteiger partial charge in [0, 0.05) is 23.0 Å². The number of aryl methyl sites for hydroxylation is 2. The van der Waals surface area contributed by atoms with E-state index in [4.69, 9.17) is 4.74 Å². The number of aromatic amines is 1. The van der Waals surface area contributed by atoms with Gasteiger partial charge in [-0.3, -0.25) is 14.6 Å². The Bertz CT molecular complexity index is 1150. The van der Waals surface area contributed by atoms with E-state index in [2.05, 4.69) is 9.97 Å². The normalized spacial score (nSPS) is 11.7. The van der Waals surface area contributed by atoms with Crippen LogP contribution in [0.15, 0.2) is 48.7 Å². The van der Waals surface area contributed by atoms with Gasteiger partial charge in [-0.25, -0.2) is 4.79 Å². The smallest absolute Gasteiger partial charge is 0.355 e. The second kappa shape index (κ2) is 10.3. The quantitative estimate of drug-likeness (QED) is 0.407. The van der Waals surface area contributed by atoms with Crippen LogP contribution < -0.4 is 0 Å². The number of pyridine rings is 1. The summed E-state index contributed by atoms with van der Waals surface area (Å²) in [5, 5.41) is 0. The van der Waals surface area contributed by atoms with Crippen molar-refractivity contribution in [1.82, 2.24) is 14.9 Å². The van der Waals surface area contributed by atoms with Crippen molar-refractivity contribution in [3.63, 3.8) is 0 Å². The minimum atomic E-state index is -0.788. The molecule has 172 valence electrons. The molecule has 7 nitrogen and oxygen atoms in total. The summed E-state index contributed by atoms with van der Waals surface area (Å²) in [5.74, 6) is -1.03. The Morgan fingerprint density at radius 2 is 1.76 bits per heavy atom. The number of nitrogens with zero attached hydrogens (tertiary/aromatic N) is 2. The number of aromatic nitrogens is 2. The number of carbonyl (C=O) groups excluding carboxylic acids is 3. The number of rotatable bonds is 8. The zero-order valence-corrected chi connectivity index (χ0v) is 19.6. The molecule has 1 amide bonds. The predicted octanol–water partition coefficient (Wildman–Crippen LogP) is 4.43. The summed E-state index contributed by atoms with van der Waals surface area (Å²) in [6, 6.07) is 11.9. The third-order valence-electron chi connectivity index (χ3n) is 5.63. The van der Waals surface area contributed by atoms with Crippen molar-refractivity contribution >= 4 is 17.7 Å². The molecule has 0 saturated heterocycles. The number of H-pyrrole nitrogens is 1. The molecule has 0 spiro atoms. The average Bonchev–Trinajstić information content (AvgIpc) is 3.11. The second-order valence-electron chi connectivity index (χ2n) is 8.01. The highest BCUT2D eigenvalue weighted by atomic mass is 16.5. The number of nitrogens with one attached hydrogen (secondary N) is 1. The number of esters is 1. The van der Waals surface area contributed by atoms with Crippen molar-refractivity contribution in [2.45, 2.75) is 47.2 Å². The molecule has 0 aliphatic heterocycles. The fourth-order valence-electron chi connectivity index (χ4n) is 3.79. The van der Waals surface area contributed by atoms with Crippen LogP contribution in [0.25, 0.3) is 0 Å². The molecule has 3 aromatic rings. The topological polar surface area (TPSA) is 92.4 Å². The van der Waals surface area contributed by atoms with Crippen LogP contribution in [0.2, 0.25) is 0 Å². The first kappa shape index (κ1) is 23.9. The van der Waals surface area contributed by atoms with Gasteiger partial charge in [0.05, 0.1) is 24.9 Å². The molecule has 2 heterocycles. The van der Waals surface area contributed by atoms with E-state index < -0.39 is 12.0 Å². The predicted molar refractivity (Wildman–Crippen MR) is 125 cm³/mol. The number of benzene rings is 1. The van der Waals surface area contributed by atoms with Crippen molar-refractivity contribution < 1.29 is 19.1 Å². The third-order valence-corrected chi connectivity index (χ3v) is 5.63. The van der Waals surface area contributed by atoms with Crippen LogP contribution in [0.4, 0.5) is 0 Å². The number of Topliss-reactive ketones (excluding diaryl/α,β-unsaturated/α-hetero) is 1. The monoisotopic (exact) mass is 447 g/mol. The second-order valence-corrected chi connectivity index (χ2v) is 8.01. The van der Waals surface area contributed by atoms with E-state index in [9.17, 15) is 14.4 Å². The molecule has 0 aliphatic rings. The molecule has 3 rings (SSSR count). The molecule has 0 aliphatic carbocycles. The van der Waals surface area contributed by atoms with Crippen LogP contribution in [0, 0.1) is 20.8 Å². The molecule has 0 fully saturated rings. The van der Waals surface area contributed by atoms with Gasteiger partial charge in [-0.15, -0.1) is 0 Å². The van der Waals surface area contributed by atoms with E-state index in [0.717, 1.165) is 5.56 Å². The Balaban J connectivity index is 1.98. The fraction of sp³-hybridized carbons (Fsp3) is 0.308. The van der Waals surface area contributed by atoms with Gasteiger partial charge < -0.3 is 14.6 Å². The molecule has 0 bridgehead atoms. The van der Waals surface area contributed by atoms with Crippen molar-refractivity contribution in [1.29, 1.82) is 0 Å². The van der Waals surface area contributed by atoms with Gasteiger partial charge >= 0.3 is 5.97 Å². The lowest BCUT2D eigenvalue weighted by molar-refractivity contribution is 0.0518. The van der Waals surface area contributed by atoms with E-state index in [1.54, 1.807) is 52.1 Å². The molecule has 1 aromatic carbocycles. The van der Waals surface area contributed by atoms with Crippen molar-refractivity contribution in [3.05, 3.63) is 88.0 Å². The number of carbonyl (C=O) groups is 3. The molecular formula is C26H29N3O4. The van der Waals surface area contributed by atoms with Gasteiger partial charge in [0.25, 0.3) is 5.91 Å². The maximum Gasteiger partial charge on any atom is 0.355 e. The SMILES string of the molecule is CCOC(=O)c1[nH]c(C)c(C(=O)C(C)N(Cc2ccccn2)C(=O)c2ccc(C)cc2)c1C. The van der Waals surface area contributed by atoms with Crippen LogP contribution in [0.5, 0.6) is 0 Å². The Labute approximate surface area is 193 Å². The van der Waals surface area contributed by atoms with Crippen LogP contribution in [0.3, 0.4) is 0 Å². The van der Waals surface area contributed by atoms with Crippen LogP contribution >= 0.6 is 0 Å². The fourth-order valence-corrected chi connectivity index (χ4v) is 3.79. The molecule has 0 radical (unpaired) electrons. The molecular weight excluding hydrogens is 418 g/mol. The van der Waals surface area contributed by atoms with E-state index in [1.165, 1.54) is 4.90 Å². The molecule has 2 aromatic heterocycles. The van der Waals surface area contributed by atoms with E-state index in [-0.39, 0.29) is 30.5 Å². The first-order valence-electron chi connectivity index (χ1n) is 10.9. The number of ketones is 1. The maximum absolute atomic E-state index is 13.6. The van der Waals surface area contributed by atoms with Gasteiger partial charge in [-0.05, 0) is 64.4 Å². The van der Waals surface area contributed by atoms with Gasteiger partial charge in [-0.2, -0.15) is 0 Å². The molecule has 0 saturated carbocycles. The Morgan fingerprint density at radius 1 is 1.06 bits per heavy atom. The van der Waals surface area contributed by atoms with Gasteiger partial charge in [0.2, 0.25) is 0 Å². The summed E-state index contributed by atoms with van der Waals surface area (Å²) in [4.78, 5) is 48.2. The summed E-state index contributed by atoms with van der Waals surface area (Å²) in [5.41, 5.74) is 3.94. The van der Waals surface area contributed by atoms with Gasteiger partial charge in [-0.1, -0.05) is 23.8 Å². The van der Waals surface area contributed by atoms with Crippen molar-refractivity contribution in [2.24, 2.45) is 0 Å². The zero-order chi connectivity index (χ0) is 24.1. The number of hydrogen-bond acceptors (Lipinski definition) is 5. The van der Waals surface area contributed by atoms with Crippen molar-refractivity contribution in [2.75, 3.05) is 6.61 Å². The highest BCUT2D eigenvalue weighted by molar-refractivity contribution is 6.07. The van der Waals surface area contributed by atoms with Gasteiger partial charge in [0.15, 0.2) is 5.78 Å². The molecule has 33 heavy (non-hydrogen) atoms. The van der Waals surface area contributed by atoms with Crippen molar-refractivity contribution in [3.8, 4) is 0 Å². The third kappa shape index (κ3) is 5.19. The maximum atomic E-state index is 13.6. The minimum Gasteiger partial charge on any atom is -0.461 e. The Kier molecular flexibility index (Phi) is 7.43. The summed E-state index contributed by atoms with van der Waals surface area (Å²) in [6.07, 6.45) is 1.66. The lowest BCUT2D eigenvalue weighted by Crippen LogP contribution is -2.43. The van der Waals surface area contributed by atoms with E-state index in [0.29, 0.717) is 28.1 Å². The number of amides is 1. The molecule has 1 unspecified atom stereocenters. The van der Waals surface area contributed by atoms with Crippen LogP contribution in [-0.4, -0.2) is 45.2 Å². The lowest BCUT2D eigenvalue weighted by Gasteiger charge is -2.28. The standard InChI is InChI=1S/C26H29N3O4/c1-6-33-26(32)23-17(3)22(18(4)28-23)24(30)19(5)29(15-21-9-7-8-14-27-21)25(31)20-12-10-16(2)11-13-20/h7-14,19,28H,6,15H2,1-5H3. The highest BCUT2D eigenvalue weighted by Crippen LogP contribution is 2.24.